The summed E-state index contributed by atoms with van der Waals surface area (Å²) < 4.78 is 5.38. The molecule has 0 aliphatic carbocycles. The first-order chi connectivity index (χ1) is 13.7. The van der Waals surface area contributed by atoms with Crippen molar-refractivity contribution in [1.29, 1.82) is 0 Å². The number of ether oxygens (including phenoxy) is 1. The molecular formula is C21H27N5O2. The second kappa shape index (κ2) is 8.67. The molecule has 28 heavy (non-hydrogen) atoms. The predicted molar refractivity (Wildman–Crippen MR) is 107 cm³/mol. The first kappa shape index (κ1) is 18.8. The van der Waals surface area contributed by atoms with Crippen LogP contribution in [0, 0.1) is 6.92 Å². The van der Waals surface area contributed by atoms with Crippen molar-refractivity contribution in [3.63, 3.8) is 0 Å². The molecule has 7 nitrogen and oxygen atoms in total. The molecule has 0 radical (unpaired) electrons. The fourth-order valence-corrected chi connectivity index (χ4v) is 3.77. The third-order valence-electron chi connectivity index (χ3n) is 5.31. The molecule has 1 aromatic heterocycles. The van der Waals surface area contributed by atoms with Crippen molar-refractivity contribution < 1.29 is 9.53 Å². The molecule has 2 aliphatic heterocycles. The SMILES string of the molecule is Cc1nc(NCCN2CCOCC2)cc(C(=O)N2CCc3ccccc3C2)n1. The molecule has 0 atom stereocenters. The van der Waals surface area contributed by atoms with E-state index in [2.05, 4.69) is 38.4 Å². The smallest absolute Gasteiger partial charge is 0.272 e. The molecule has 1 N–H and O–H groups in total. The lowest BCUT2D eigenvalue weighted by molar-refractivity contribution is 0.0398. The van der Waals surface area contributed by atoms with Gasteiger partial charge in [0.15, 0.2) is 0 Å². The van der Waals surface area contributed by atoms with Crippen LogP contribution >= 0.6 is 0 Å². The molecule has 0 saturated carbocycles. The van der Waals surface area contributed by atoms with Gasteiger partial charge in [0.1, 0.15) is 17.3 Å². The molecule has 148 valence electrons. The normalized spacial score (nSPS) is 17.2. The molecule has 0 unspecified atom stereocenters. The second-order valence-electron chi connectivity index (χ2n) is 7.31. The highest BCUT2D eigenvalue weighted by molar-refractivity contribution is 5.93. The van der Waals surface area contributed by atoms with Crippen molar-refractivity contribution in [2.45, 2.75) is 19.9 Å². The van der Waals surface area contributed by atoms with E-state index < -0.39 is 0 Å². The van der Waals surface area contributed by atoms with Crippen LogP contribution in [0.4, 0.5) is 5.82 Å². The highest BCUT2D eigenvalue weighted by atomic mass is 16.5. The van der Waals surface area contributed by atoms with Crippen LogP contribution in [0.15, 0.2) is 30.3 Å². The number of morpholine rings is 1. The van der Waals surface area contributed by atoms with Gasteiger partial charge in [-0.25, -0.2) is 9.97 Å². The number of rotatable bonds is 5. The average Bonchev–Trinajstić information content (AvgIpc) is 2.73. The van der Waals surface area contributed by atoms with Crippen molar-refractivity contribution in [3.8, 4) is 0 Å². The molecule has 1 amide bonds. The Hall–Kier alpha value is -2.51. The van der Waals surface area contributed by atoms with Crippen LogP contribution in [-0.4, -0.2) is 71.6 Å². The minimum Gasteiger partial charge on any atom is -0.379 e. The summed E-state index contributed by atoms with van der Waals surface area (Å²) in [7, 11) is 0. The van der Waals surface area contributed by atoms with Crippen LogP contribution in [-0.2, 0) is 17.7 Å². The van der Waals surface area contributed by atoms with E-state index in [9.17, 15) is 4.79 Å². The maximum atomic E-state index is 13.0. The maximum Gasteiger partial charge on any atom is 0.272 e. The number of hydrogen-bond acceptors (Lipinski definition) is 6. The average molecular weight is 381 g/mol. The Bertz CT molecular complexity index is 835. The van der Waals surface area contributed by atoms with Gasteiger partial charge in [-0.3, -0.25) is 9.69 Å². The Labute approximate surface area is 165 Å². The third kappa shape index (κ3) is 4.48. The van der Waals surface area contributed by atoms with Gasteiger partial charge in [0, 0.05) is 45.3 Å². The van der Waals surface area contributed by atoms with Crippen LogP contribution in [0.3, 0.4) is 0 Å². The topological polar surface area (TPSA) is 70.6 Å². The number of nitrogens with one attached hydrogen (secondary N) is 1. The zero-order valence-electron chi connectivity index (χ0n) is 16.4. The zero-order valence-corrected chi connectivity index (χ0v) is 16.4. The first-order valence-corrected chi connectivity index (χ1v) is 9.95. The lowest BCUT2D eigenvalue weighted by Crippen LogP contribution is -2.39. The van der Waals surface area contributed by atoms with E-state index in [-0.39, 0.29) is 5.91 Å². The second-order valence-corrected chi connectivity index (χ2v) is 7.31. The van der Waals surface area contributed by atoms with Gasteiger partial charge in [-0.05, 0) is 24.5 Å². The van der Waals surface area contributed by atoms with E-state index in [1.807, 2.05) is 17.9 Å². The Morgan fingerprint density at radius 1 is 1.14 bits per heavy atom. The fraction of sp³-hybridized carbons (Fsp3) is 0.476. The Morgan fingerprint density at radius 2 is 1.93 bits per heavy atom. The predicted octanol–water partition coefficient (Wildman–Crippen LogP) is 1.73. The van der Waals surface area contributed by atoms with Crippen molar-refractivity contribution in [1.82, 2.24) is 19.8 Å². The standard InChI is InChI=1S/C21H27N5O2/c1-16-23-19(14-20(24-16)22-7-9-25-10-12-28-13-11-25)21(27)26-8-6-17-4-2-3-5-18(17)15-26/h2-5,14H,6-13,15H2,1H3,(H,22,23,24). The maximum absolute atomic E-state index is 13.0. The Kier molecular flexibility index (Phi) is 5.83. The molecule has 1 fully saturated rings. The summed E-state index contributed by atoms with van der Waals surface area (Å²) in [6, 6.07) is 10.1. The van der Waals surface area contributed by atoms with Crippen LogP contribution in [0.1, 0.15) is 27.4 Å². The summed E-state index contributed by atoms with van der Waals surface area (Å²) in [4.78, 5) is 26.1. The number of nitrogens with zero attached hydrogens (tertiary/aromatic N) is 4. The Morgan fingerprint density at radius 3 is 2.75 bits per heavy atom. The molecule has 7 heteroatoms. The van der Waals surface area contributed by atoms with Crippen LogP contribution in [0.25, 0.3) is 0 Å². The van der Waals surface area contributed by atoms with Crippen LogP contribution in [0.2, 0.25) is 0 Å². The first-order valence-electron chi connectivity index (χ1n) is 9.95. The van der Waals surface area contributed by atoms with Gasteiger partial charge < -0.3 is 15.0 Å². The zero-order chi connectivity index (χ0) is 19.3. The van der Waals surface area contributed by atoms with E-state index in [0.29, 0.717) is 23.9 Å². The highest BCUT2D eigenvalue weighted by Crippen LogP contribution is 2.20. The fourth-order valence-electron chi connectivity index (χ4n) is 3.77. The molecular weight excluding hydrogens is 354 g/mol. The third-order valence-corrected chi connectivity index (χ3v) is 5.31. The van der Waals surface area contributed by atoms with E-state index in [1.165, 1.54) is 11.1 Å². The van der Waals surface area contributed by atoms with E-state index >= 15 is 0 Å². The Balaban J connectivity index is 1.39. The quantitative estimate of drug-likeness (QED) is 0.851. The molecule has 4 rings (SSSR count). The van der Waals surface area contributed by atoms with Gasteiger partial charge in [0.2, 0.25) is 0 Å². The molecule has 0 bridgehead atoms. The highest BCUT2D eigenvalue weighted by Gasteiger charge is 2.23. The number of carbonyl (C=O) groups excluding carboxylic acids is 1. The van der Waals surface area contributed by atoms with Crippen molar-refractivity contribution in [2.75, 3.05) is 51.3 Å². The van der Waals surface area contributed by atoms with Gasteiger partial charge in [0.25, 0.3) is 5.91 Å². The largest absolute Gasteiger partial charge is 0.379 e. The van der Waals surface area contributed by atoms with E-state index in [4.69, 9.17) is 4.74 Å². The van der Waals surface area contributed by atoms with Crippen LogP contribution in [0.5, 0.6) is 0 Å². The van der Waals surface area contributed by atoms with Crippen molar-refractivity contribution >= 4 is 11.7 Å². The van der Waals surface area contributed by atoms with Crippen LogP contribution < -0.4 is 5.32 Å². The summed E-state index contributed by atoms with van der Waals surface area (Å²) in [5.41, 5.74) is 3.01. The summed E-state index contributed by atoms with van der Waals surface area (Å²) in [6.45, 7) is 8.41. The van der Waals surface area contributed by atoms with Gasteiger partial charge >= 0.3 is 0 Å². The van der Waals surface area contributed by atoms with E-state index in [0.717, 1.165) is 52.4 Å². The number of hydrogen-bond donors (Lipinski definition) is 1. The molecule has 0 spiro atoms. The number of aryl methyl sites for hydroxylation is 1. The molecule has 1 aromatic carbocycles. The molecule has 1 saturated heterocycles. The number of anilines is 1. The summed E-state index contributed by atoms with van der Waals surface area (Å²) in [5, 5.41) is 3.34. The number of aromatic nitrogens is 2. The van der Waals surface area contributed by atoms with Gasteiger partial charge in [-0.15, -0.1) is 0 Å². The summed E-state index contributed by atoms with van der Waals surface area (Å²) in [5.74, 6) is 1.29. The van der Waals surface area contributed by atoms with E-state index in [1.54, 1.807) is 6.07 Å². The summed E-state index contributed by atoms with van der Waals surface area (Å²) in [6.07, 6.45) is 0.886. The number of carbonyl (C=O) groups is 1. The minimum absolute atomic E-state index is 0.0313. The van der Waals surface area contributed by atoms with Crippen molar-refractivity contribution in [2.24, 2.45) is 0 Å². The molecule has 2 aliphatic rings. The number of benzene rings is 1. The lowest BCUT2D eigenvalue weighted by atomic mass is 10.00. The van der Waals surface area contributed by atoms with Gasteiger partial charge in [-0.2, -0.15) is 0 Å². The van der Waals surface area contributed by atoms with Gasteiger partial charge in [-0.1, -0.05) is 24.3 Å². The molecule has 2 aromatic rings. The number of amides is 1. The summed E-state index contributed by atoms with van der Waals surface area (Å²) >= 11 is 0. The lowest BCUT2D eigenvalue weighted by Gasteiger charge is -2.28. The minimum atomic E-state index is -0.0313. The number of fused-ring (bicyclic) bond motifs is 1. The van der Waals surface area contributed by atoms with Crippen molar-refractivity contribution in [3.05, 3.63) is 53.0 Å². The van der Waals surface area contributed by atoms with Gasteiger partial charge in [0.05, 0.1) is 13.2 Å². The molecule has 3 heterocycles. The monoisotopic (exact) mass is 381 g/mol.